The van der Waals surface area contributed by atoms with Crippen LogP contribution in [0.3, 0.4) is 0 Å². The van der Waals surface area contributed by atoms with Crippen LogP contribution in [0, 0.1) is 23.0 Å². The number of nitrogens with zero attached hydrogens (tertiary/aromatic N) is 3. The third kappa shape index (κ3) is 6.61. The second-order valence-electron chi connectivity index (χ2n) is 12.0. The lowest BCUT2D eigenvalue weighted by Gasteiger charge is -2.30. The van der Waals surface area contributed by atoms with Gasteiger partial charge in [-0.15, -0.1) is 0 Å². The molecule has 6 rings (SSSR count). The molecule has 0 spiro atoms. The van der Waals surface area contributed by atoms with E-state index in [2.05, 4.69) is 33.6 Å². The van der Waals surface area contributed by atoms with Crippen LogP contribution < -0.4 is 27.1 Å². The Morgan fingerprint density at radius 1 is 1.08 bits per heavy atom. The number of pyridine rings is 2. The molecule has 244 valence electrons. The van der Waals surface area contributed by atoms with E-state index in [4.69, 9.17) is 5.73 Å². The van der Waals surface area contributed by atoms with Gasteiger partial charge >= 0.3 is 0 Å². The van der Waals surface area contributed by atoms with Gasteiger partial charge in [0.1, 0.15) is 34.8 Å². The molecule has 0 radical (unpaired) electrons. The van der Waals surface area contributed by atoms with Crippen LogP contribution in [-0.2, 0) is 0 Å². The molecular weight excluding hydrogens is 612 g/mol. The number of anilines is 2. The van der Waals surface area contributed by atoms with Crippen LogP contribution in [-0.4, -0.2) is 34.6 Å². The lowest BCUT2D eigenvalue weighted by molar-refractivity contribution is 0.102. The molecule has 1 aliphatic heterocycles. The maximum absolute atomic E-state index is 15.7. The van der Waals surface area contributed by atoms with Crippen LogP contribution in [0.2, 0.25) is 0 Å². The first kappa shape index (κ1) is 32.3. The zero-order valence-corrected chi connectivity index (χ0v) is 26.2. The quantitative estimate of drug-likeness (QED) is 0.160. The number of nitrogens with two attached hydrogens (primary N) is 1. The molecule has 48 heavy (non-hydrogen) atoms. The largest absolute Gasteiger partial charge is 0.388 e. The van der Waals surface area contributed by atoms with Crippen LogP contribution >= 0.6 is 0 Å². The van der Waals surface area contributed by atoms with Gasteiger partial charge in [-0.25, -0.2) is 13.8 Å². The number of piperidine rings is 1. The first-order valence-corrected chi connectivity index (χ1v) is 15.9. The van der Waals surface area contributed by atoms with Crippen LogP contribution in [0.5, 0.6) is 0 Å². The Balaban J connectivity index is 1.29. The van der Waals surface area contributed by atoms with E-state index in [1.165, 1.54) is 42.6 Å². The summed E-state index contributed by atoms with van der Waals surface area (Å²) < 4.78 is 31.0. The topological polar surface area (TPSA) is 138 Å². The molecule has 5 N–H and O–H groups in total. The molecule has 4 aromatic rings. The van der Waals surface area contributed by atoms with Gasteiger partial charge in [-0.2, -0.15) is 5.26 Å². The summed E-state index contributed by atoms with van der Waals surface area (Å²) in [4.78, 5) is 31.6. The highest BCUT2D eigenvalue weighted by Gasteiger charge is 2.28. The second kappa shape index (κ2) is 14.0. The number of aromatic nitrogens is 2. The highest BCUT2D eigenvalue weighted by Crippen LogP contribution is 2.35. The molecule has 11 heteroatoms. The van der Waals surface area contributed by atoms with Crippen molar-refractivity contribution in [3.8, 4) is 28.3 Å². The van der Waals surface area contributed by atoms with E-state index < -0.39 is 23.0 Å². The molecule has 1 amide bonds. The minimum atomic E-state index is -0.765. The molecule has 1 aliphatic carbocycles. The number of allylic oxidation sites excluding steroid dienone is 2. The van der Waals surface area contributed by atoms with Crippen molar-refractivity contribution in [2.75, 3.05) is 24.1 Å². The monoisotopic (exact) mass is 647 g/mol. The molecule has 0 unspecified atom stereocenters. The van der Waals surface area contributed by atoms with Gasteiger partial charge in [0.05, 0.1) is 5.56 Å². The van der Waals surface area contributed by atoms with Gasteiger partial charge in [0, 0.05) is 53.1 Å². The van der Waals surface area contributed by atoms with Gasteiger partial charge in [-0.3, -0.25) is 9.59 Å². The van der Waals surface area contributed by atoms with Crippen molar-refractivity contribution in [3.05, 3.63) is 118 Å². The van der Waals surface area contributed by atoms with Gasteiger partial charge in [0.25, 0.3) is 5.91 Å². The molecule has 2 aliphatic rings. The third-order valence-electron chi connectivity index (χ3n) is 8.99. The number of rotatable bonds is 9. The Labute approximate surface area is 276 Å². The standard InChI is InChI=1S/C37H35F2N7O2/c1-2-22(19-43-26-12-14-42-15-13-26)24-16-30(36(41)44-20-24)29-11-10-27(17-32(29)39)45-37(48)31-21-46(28-4-3-5-28)33(18-40)34(35(31)47)23-6-8-25(38)9-7-23/h2,6-11,16-17,19-21,26,28,42-43H,1,3-5,12-15H2,(H2,41,44)(H,45,48)/b22-19+. The molecule has 2 fully saturated rings. The number of benzene rings is 2. The van der Waals surface area contributed by atoms with Crippen molar-refractivity contribution >= 4 is 23.0 Å². The Morgan fingerprint density at radius 2 is 1.83 bits per heavy atom. The third-order valence-corrected chi connectivity index (χ3v) is 8.99. The molecule has 0 atom stereocenters. The summed E-state index contributed by atoms with van der Waals surface area (Å²) in [6, 6.07) is 13.5. The van der Waals surface area contributed by atoms with Crippen LogP contribution in [0.4, 0.5) is 20.3 Å². The SMILES string of the molecule is C=C/C(=C\NC1CCNCC1)c1cnc(N)c(-c2ccc(NC(=O)c3cn(C4CCC4)c(C#N)c(-c4ccc(F)cc4)c3=O)cc2F)c1. The predicted molar refractivity (Wildman–Crippen MR) is 183 cm³/mol. The smallest absolute Gasteiger partial charge is 0.261 e. The van der Waals surface area contributed by atoms with Gasteiger partial charge in [-0.05, 0) is 92.7 Å². The summed E-state index contributed by atoms with van der Waals surface area (Å²) in [5.74, 6) is -1.79. The molecule has 9 nitrogen and oxygen atoms in total. The molecule has 0 bridgehead atoms. The zero-order chi connectivity index (χ0) is 33.8. The van der Waals surface area contributed by atoms with Gasteiger partial charge in [0.15, 0.2) is 0 Å². The average molecular weight is 648 g/mol. The Bertz CT molecular complexity index is 2000. The number of carbonyl (C=O) groups is 1. The van der Waals surface area contributed by atoms with E-state index in [0.29, 0.717) is 22.7 Å². The molecule has 3 heterocycles. The van der Waals surface area contributed by atoms with Crippen LogP contribution in [0.1, 0.15) is 59.8 Å². The van der Waals surface area contributed by atoms with E-state index in [0.717, 1.165) is 56.8 Å². The molecular formula is C37H35F2N7O2. The summed E-state index contributed by atoms with van der Waals surface area (Å²) in [5, 5.41) is 19.4. The van der Waals surface area contributed by atoms with Crippen molar-refractivity contribution in [3.63, 3.8) is 0 Å². The first-order chi connectivity index (χ1) is 23.3. The number of nitrogen functional groups attached to an aromatic ring is 1. The fourth-order valence-electron chi connectivity index (χ4n) is 6.06. The van der Waals surface area contributed by atoms with Crippen LogP contribution in [0.25, 0.3) is 27.8 Å². The summed E-state index contributed by atoms with van der Waals surface area (Å²) in [7, 11) is 0. The molecule has 1 saturated heterocycles. The van der Waals surface area contributed by atoms with Crippen molar-refractivity contribution in [2.45, 2.75) is 44.2 Å². The Kier molecular flexibility index (Phi) is 9.45. The summed E-state index contributed by atoms with van der Waals surface area (Å²) in [6.45, 7) is 5.82. The molecule has 1 saturated carbocycles. The summed E-state index contributed by atoms with van der Waals surface area (Å²) in [6.07, 6.45) is 11.1. The number of halogens is 2. The van der Waals surface area contributed by atoms with Crippen LogP contribution in [0.15, 0.2) is 84.6 Å². The number of amides is 1. The highest BCUT2D eigenvalue weighted by atomic mass is 19.1. The average Bonchev–Trinajstić information content (AvgIpc) is 3.06. The van der Waals surface area contributed by atoms with Crippen molar-refractivity contribution in [1.82, 2.24) is 20.2 Å². The van der Waals surface area contributed by atoms with E-state index in [-0.39, 0.29) is 39.9 Å². The number of nitriles is 1. The van der Waals surface area contributed by atoms with E-state index >= 15 is 4.39 Å². The maximum Gasteiger partial charge on any atom is 0.261 e. The van der Waals surface area contributed by atoms with E-state index in [9.17, 15) is 19.2 Å². The maximum atomic E-state index is 15.7. The Hall–Kier alpha value is -5.60. The number of hydrogen-bond acceptors (Lipinski definition) is 7. The highest BCUT2D eigenvalue weighted by molar-refractivity contribution is 6.05. The number of hydrogen-bond donors (Lipinski definition) is 4. The number of carbonyl (C=O) groups excluding carboxylic acids is 1. The van der Waals surface area contributed by atoms with E-state index in [1.54, 1.807) is 22.9 Å². The fraction of sp³-hybridized carbons (Fsp3) is 0.243. The van der Waals surface area contributed by atoms with Gasteiger partial charge in [0.2, 0.25) is 5.43 Å². The number of nitrogens with one attached hydrogen (secondary N) is 3. The Morgan fingerprint density at radius 3 is 2.48 bits per heavy atom. The summed E-state index contributed by atoms with van der Waals surface area (Å²) >= 11 is 0. The predicted octanol–water partition coefficient (Wildman–Crippen LogP) is 6.16. The van der Waals surface area contributed by atoms with Gasteiger partial charge < -0.3 is 26.3 Å². The minimum Gasteiger partial charge on any atom is -0.388 e. The fourth-order valence-corrected chi connectivity index (χ4v) is 6.06. The first-order valence-electron chi connectivity index (χ1n) is 15.9. The normalized spacial score (nSPS) is 15.3. The molecule has 2 aromatic carbocycles. The van der Waals surface area contributed by atoms with Crippen molar-refractivity contribution in [1.29, 1.82) is 5.26 Å². The zero-order valence-electron chi connectivity index (χ0n) is 26.2. The summed E-state index contributed by atoms with van der Waals surface area (Å²) in [5.41, 5.74) is 7.88. The van der Waals surface area contributed by atoms with E-state index in [1.807, 2.05) is 6.20 Å². The molecule has 2 aromatic heterocycles. The van der Waals surface area contributed by atoms with Crippen molar-refractivity contribution < 1.29 is 13.6 Å². The van der Waals surface area contributed by atoms with Crippen molar-refractivity contribution in [2.24, 2.45) is 0 Å². The minimum absolute atomic E-state index is 0.0142. The lowest BCUT2D eigenvalue weighted by atomic mass is 9.91. The lowest BCUT2D eigenvalue weighted by Crippen LogP contribution is -2.37. The second-order valence-corrected chi connectivity index (χ2v) is 12.0. The van der Waals surface area contributed by atoms with Gasteiger partial charge in [-0.1, -0.05) is 24.8 Å².